The fourth-order valence-corrected chi connectivity index (χ4v) is 1.36. The molecule has 4 heteroatoms. The van der Waals surface area contributed by atoms with E-state index in [1.54, 1.807) is 12.3 Å². The van der Waals surface area contributed by atoms with Crippen molar-refractivity contribution in [1.82, 2.24) is 4.98 Å². The molecule has 0 saturated heterocycles. The summed E-state index contributed by atoms with van der Waals surface area (Å²) < 4.78 is 6.35. The second-order valence-corrected chi connectivity index (χ2v) is 3.66. The molecule has 0 aromatic carbocycles. The molecule has 14 heavy (non-hydrogen) atoms. The molecular formula is C10H13BrN2O. The third kappa shape index (κ3) is 3.12. The molecule has 0 fully saturated rings. The highest BCUT2D eigenvalue weighted by molar-refractivity contribution is 9.10. The molecule has 0 aliphatic carbocycles. The van der Waals surface area contributed by atoms with E-state index in [-0.39, 0.29) is 0 Å². The average molecular weight is 257 g/mol. The summed E-state index contributed by atoms with van der Waals surface area (Å²) in [5.74, 6) is 0.609. The molecule has 3 nitrogen and oxygen atoms in total. The van der Waals surface area contributed by atoms with Gasteiger partial charge in [-0.2, -0.15) is 0 Å². The van der Waals surface area contributed by atoms with Gasteiger partial charge in [0.1, 0.15) is 0 Å². The molecule has 0 amide bonds. The molecule has 0 atom stereocenters. The van der Waals surface area contributed by atoms with E-state index in [0.717, 1.165) is 16.5 Å². The van der Waals surface area contributed by atoms with E-state index in [0.29, 0.717) is 19.0 Å². The van der Waals surface area contributed by atoms with Crippen LogP contribution in [0.15, 0.2) is 29.4 Å². The third-order valence-electron chi connectivity index (χ3n) is 1.67. The van der Waals surface area contributed by atoms with Gasteiger partial charge in [-0.1, -0.05) is 6.08 Å². The smallest absolute Gasteiger partial charge is 0.217 e. The molecule has 0 radical (unpaired) electrons. The van der Waals surface area contributed by atoms with E-state index < -0.39 is 0 Å². The molecule has 0 saturated carbocycles. The van der Waals surface area contributed by atoms with E-state index >= 15 is 0 Å². The molecule has 76 valence electrons. The summed E-state index contributed by atoms with van der Waals surface area (Å²) in [5, 5.41) is 0. The van der Waals surface area contributed by atoms with Crippen LogP contribution in [0.4, 0.5) is 0 Å². The molecule has 0 bridgehead atoms. The maximum Gasteiger partial charge on any atom is 0.217 e. The normalized spacial score (nSPS) is 9.86. The molecule has 0 aliphatic heterocycles. The summed E-state index contributed by atoms with van der Waals surface area (Å²) in [6.45, 7) is 4.63. The van der Waals surface area contributed by atoms with Crippen LogP contribution >= 0.6 is 15.9 Å². The monoisotopic (exact) mass is 256 g/mol. The van der Waals surface area contributed by atoms with Crippen molar-refractivity contribution >= 4 is 15.9 Å². The molecular weight excluding hydrogens is 244 g/mol. The molecule has 1 heterocycles. The first-order valence-corrected chi connectivity index (χ1v) is 5.15. The Morgan fingerprint density at radius 1 is 1.64 bits per heavy atom. The summed E-state index contributed by atoms with van der Waals surface area (Å²) >= 11 is 3.33. The first-order valence-electron chi connectivity index (χ1n) is 4.36. The standard InChI is InChI=1S/C10H13BrN2O/c1-2-3-4-14-10-8(6-12)5-9(11)7-13-10/h2,5,7H,1,3-4,6,12H2. The van der Waals surface area contributed by atoms with Crippen molar-refractivity contribution in [3.05, 3.63) is 35.0 Å². The Morgan fingerprint density at radius 3 is 3.07 bits per heavy atom. The van der Waals surface area contributed by atoms with Gasteiger partial charge < -0.3 is 10.5 Å². The Morgan fingerprint density at radius 2 is 2.43 bits per heavy atom. The van der Waals surface area contributed by atoms with Crippen LogP contribution in [0, 0.1) is 0 Å². The Kier molecular flexibility index (Phi) is 4.62. The van der Waals surface area contributed by atoms with E-state index in [2.05, 4.69) is 27.5 Å². The third-order valence-corrected chi connectivity index (χ3v) is 2.11. The maximum atomic E-state index is 5.56. The van der Waals surface area contributed by atoms with Gasteiger partial charge in [0.15, 0.2) is 0 Å². The summed E-state index contributed by atoms with van der Waals surface area (Å²) in [5.41, 5.74) is 6.47. The molecule has 1 rings (SSSR count). The number of aromatic nitrogens is 1. The lowest BCUT2D eigenvalue weighted by atomic mass is 10.3. The summed E-state index contributed by atoms with van der Waals surface area (Å²) in [7, 11) is 0. The topological polar surface area (TPSA) is 48.1 Å². The van der Waals surface area contributed by atoms with Crippen LogP contribution in [0.5, 0.6) is 5.88 Å². The maximum absolute atomic E-state index is 5.56. The number of pyridine rings is 1. The second-order valence-electron chi connectivity index (χ2n) is 2.75. The van der Waals surface area contributed by atoms with Crippen molar-refractivity contribution in [3.8, 4) is 5.88 Å². The van der Waals surface area contributed by atoms with Crippen LogP contribution in [-0.2, 0) is 6.54 Å². The highest BCUT2D eigenvalue weighted by atomic mass is 79.9. The average Bonchev–Trinajstić information content (AvgIpc) is 2.20. The highest BCUT2D eigenvalue weighted by Crippen LogP contribution is 2.19. The predicted molar refractivity (Wildman–Crippen MR) is 60.1 cm³/mol. The highest BCUT2D eigenvalue weighted by Gasteiger charge is 2.03. The number of ether oxygens (including phenoxy) is 1. The van der Waals surface area contributed by atoms with E-state index in [1.807, 2.05) is 6.07 Å². The van der Waals surface area contributed by atoms with Crippen molar-refractivity contribution in [2.24, 2.45) is 5.73 Å². The summed E-state index contributed by atoms with van der Waals surface area (Å²) in [6, 6.07) is 1.91. The zero-order valence-electron chi connectivity index (χ0n) is 7.87. The minimum Gasteiger partial charge on any atom is -0.477 e. The number of hydrogen-bond donors (Lipinski definition) is 1. The van der Waals surface area contributed by atoms with Gasteiger partial charge in [-0.15, -0.1) is 6.58 Å². The van der Waals surface area contributed by atoms with Crippen molar-refractivity contribution in [3.63, 3.8) is 0 Å². The molecule has 0 spiro atoms. The minimum atomic E-state index is 0.426. The zero-order valence-corrected chi connectivity index (χ0v) is 9.46. The van der Waals surface area contributed by atoms with Crippen LogP contribution in [0.3, 0.4) is 0 Å². The van der Waals surface area contributed by atoms with Gasteiger partial charge in [-0.05, 0) is 28.4 Å². The van der Waals surface area contributed by atoms with Crippen molar-refractivity contribution in [1.29, 1.82) is 0 Å². The Balaban J connectivity index is 2.69. The van der Waals surface area contributed by atoms with Gasteiger partial charge in [-0.3, -0.25) is 0 Å². The van der Waals surface area contributed by atoms with Crippen LogP contribution in [0.25, 0.3) is 0 Å². The van der Waals surface area contributed by atoms with Crippen molar-refractivity contribution in [2.75, 3.05) is 6.61 Å². The molecule has 0 unspecified atom stereocenters. The first-order chi connectivity index (χ1) is 6.77. The number of rotatable bonds is 5. The second kappa shape index (κ2) is 5.78. The molecule has 1 aromatic rings. The van der Waals surface area contributed by atoms with Crippen LogP contribution in [0.1, 0.15) is 12.0 Å². The van der Waals surface area contributed by atoms with Crippen molar-refractivity contribution < 1.29 is 4.74 Å². The number of nitrogens with two attached hydrogens (primary N) is 1. The zero-order chi connectivity index (χ0) is 10.4. The largest absolute Gasteiger partial charge is 0.477 e. The van der Waals surface area contributed by atoms with Gasteiger partial charge in [0.2, 0.25) is 5.88 Å². The molecule has 1 aromatic heterocycles. The lowest BCUT2D eigenvalue weighted by Crippen LogP contribution is -2.05. The fraction of sp³-hybridized carbons (Fsp3) is 0.300. The SMILES string of the molecule is C=CCCOc1ncc(Br)cc1CN. The number of nitrogens with zero attached hydrogens (tertiary/aromatic N) is 1. The van der Waals surface area contributed by atoms with E-state index in [1.165, 1.54) is 0 Å². The minimum absolute atomic E-state index is 0.426. The molecule has 0 aliphatic rings. The quantitative estimate of drug-likeness (QED) is 0.650. The first kappa shape index (κ1) is 11.2. The fourth-order valence-electron chi connectivity index (χ4n) is 0.984. The van der Waals surface area contributed by atoms with E-state index in [4.69, 9.17) is 10.5 Å². The van der Waals surface area contributed by atoms with Gasteiger partial charge in [-0.25, -0.2) is 4.98 Å². The van der Waals surface area contributed by atoms with Crippen LogP contribution in [-0.4, -0.2) is 11.6 Å². The number of halogens is 1. The van der Waals surface area contributed by atoms with Crippen LogP contribution in [0.2, 0.25) is 0 Å². The van der Waals surface area contributed by atoms with Gasteiger partial charge >= 0.3 is 0 Å². The van der Waals surface area contributed by atoms with Gasteiger partial charge in [0.05, 0.1) is 6.61 Å². The lowest BCUT2D eigenvalue weighted by Gasteiger charge is -2.08. The Labute approximate surface area is 92.1 Å². The van der Waals surface area contributed by atoms with Gasteiger partial charge in [0, 0.05) is 22.8 Å². The lowest BCUT2D eigenvalue weighted by molar-refractivity contribution is 0.309. The van der Waals surface area contributed by atoms with Crippen molar-refractivity contribution in [2.45, 2.75) is 13.0 Å². The summed E-state index contributed by atoms with van der Waals surface area (Å²) in [4.78, 5) is 4.14. The van der Waals surface area contributed by atoms with E-state index in [9.17, 15) is 0 Å². The summed E-state index contributed by atoms with van der Waals surface area (Å²) in [6.07, 6.45) is 4.31. The Bertz CT molecular complexity index is 315. The predicted octanol–water partition coefficient (Wildman–Crippen LogP) is 2.26. The molecule has 2 N–H and O–H groups in total. The van der Waals surface area contributed by atoms with Gasteiger partial charge in [0.25, 0.3) is 0 Å². The number of hydrogen-bond acceptors (Lipinski definition) is 3. The Hall–Kier alpha value is -0.870. The van der Waals surface area contributed by atoms with Crippen LogP contribution < -0.4 is 10.5 Å².